The summed E-state index contributed by atoms with van der Waals surface area (Å²) in [6.45, 7) is 1.74. The van der Waals surface area contributed by atoms with E-state index in [1.54, 1.807) is 31.2 Å². The Balaban J connectivity index is 1.90. The number of aromatic nitrogens is 2. The Morgan fingerprint density at radius 3 is 2.50 bits per heavy atom. The number of nitrogen functional groups attached to an aromatic ring is 1. The van der Waals surface area contributed by atoms with Gasteiger partial charge in [-0.2, -0.15) is 9.89 Å². The molecule has 3 aromatic rings. The van der Waals surface area contributed by atoms with Crippen molar-refractivity contribution in [1.82, 2.24) is 9.97 Å². The molecule has 0 saturated carbocycles. The van der Waals surface area contributed by atoms with Crippen molar-refractivity contribution < 1.29 is 0 Å². The highest BCUT2D eigenvalue weighted by atomic mass is 35.5. The van der Waals surface area contributed by atoms with Gasteiger partial charge in [0.15, 0.2) is 0 Å². The van der Waals surface area contributed by atoms with Gasteiger partial charge in [0.05, 0.1) is 10.7 Å². The number of rotatable bonds is 5. The van der Waals surface area contributed by atoms with Gasteiger partial charge in [-0.3, -0.25) is 0 Å². The summed E-state index contributed by atoms with van der Waals surface area (Å²) in [6.07, 6.45) is 0. The number of nitrogens with two attached hydrogens (primary N) is 1. The molecule has 1 aromatic heterocycles. The summed E-state index contributed by atoms with van der Waals surface area (Å²) in [5, 5.41) is 7.23. The number of benzene rings is 2. The maximum absolute atomic E-state index is 10.6. The highest BCUT2D eigenvalue weighted by Gasteiger charge is 2.10. The molecular weight excluding hydrogens is 373 g/mol. The minimum Gasteiger partial charge on any atom is -0.368 e. The van der Waals surface area contributed by atoms with E-state index in [0.29, 0.717) is 27.1 Å². The molecule has 132 valence electrons. The summed E-state index contributed by atoms with van der Waals surface area (Å²) >= 11 is 12.3. The minimum absolute atomic E-state index is 0.108. The lowest BCUT2D eigenvalue weighted by Gasteiger charge is -2.11. The van der Waals surface area contributed by atoms with Crippen molar-refractivity contribution in [2.24, 2.45) is 5.18 Å². The summed E-state index contributed by atoms with van der Waals surface area (Å²) in [5.41, 5.74) is 8.68. The molecule has 1 heterocycles. The highest BCUT2D eigenvalue weighted by Crippen LogP contribution is 2.31. The third kappa shape index (κ3) is 4.09. The predicted molar refractivity (Wildman–Crippen MR) is 106 cm³/mol. The van der Waals surface area contributed by atoms with Gasteiger partial charge in [0.1, 0.15) is 11.9 Å². The molecular formula is C18H15Cl2N5O. The number of nitrogens with one attached hydrogen (secondary N) is 1. The summed E-state index contributed by atoms with van der Waals surface area (Å²) in [7, 11) is 0. The van der Waals surface area contributed by atoms with Crippen LogP contribution in [-0.4, -0.2) is 9.97 Å². The Morgan fingerprint density at radius 2 is 1.81 bits per heavy atom. The van der Waals surface area contributed by atoms with Gasteiger partial charge in [0, 0.05) is 22.3 Å². The number of nitrogens with zero attached hydrogens (tertiary/aromatic N) is 3. The smallest absolute Gasteiger partial charge is 0.222 e. The molecule has 0 aliphatic rings. The van der Waals surface area contributed by atoms with Crippen LogP contribution in [0.4, 0.5) is 17.5 Å². The molecule has 2 aromatic carbocycles. The Morgan fingerprint density at radius 1 is 1.08 bits per heavy atom. The molecule has 0 aliphatic carbocycles. The first kappa shape index (κ1) is 18.1. The predicted octanol–water partition coefficient (Wildman–Crippen LogP) is 5.60. The van der Waals surface area contributed by atoms with Gasteiger partial charge in [0.2, 0.25) is 5.95 Å². The van der Waals surface area contributed by atoms with Crippen LogP contribution in [0.3, 0.4) is 0 Å². The number of halogens is 2. The standard InChI is InChI=1S/C18H15Cl2N5O/c1-10(25-26)11-2-5-13(6-3-11)22-17-9-16(23-18(21)24-17)14-8-12(19)4-7-15(14)20/h2-10H,1H3,(H3,21,22,23,24). The summed E-state index contributed by atoms with van der Waals surface area (Å²) in [5.74, 6) is 0.620. The van der Waals surface area contributed by atoms with Crippen LogP contribution in [0, 0.1) is 4.91 Å². The Bertz CT molecular complexity index is 947. The van der Waals surface area contributed by atoms with Crippen LogP contribution < -0.4 is 11.1 Å². The summed E-state index contributed by atoms with van der Waals surface area (Å²) in [6, 6.07) is 13.8. The van der Waals surface area contributed by atoms with Crippen LogP contribution in [0.25, 0.3) is 11.3 Å². The highest BCUT2D eigenvalue weighted by molar-refractivity contribution is 6.35. The number of nitroso groups, excluding NO2 is 1. The molecule has 1 unspecified atom stereocenters. The molecule has 3 rings (SSSR count). The van der Waals surface area contributed by atoms with Gasteiger partial charge in [-0.05, 0) is 42.8 Å². The second-order valence-corrected chi connectivity index (χ2v) is 6.49. The third-order valence-electron chi connectivity index (χ3n) is 3.77. The normalized spacial score (nSPS) is 11.8. The van der Waals surface area contributed by atoms with E-state index in [1.165, 1.54) is 0 Å². The third-order valence-corrected chi connectivity index (χ3v) is 4.34. The topological polar surface area (TPSA) is 93.3 Å². The molecule has 6 nitrogen and oxygen atoms in total. The van der Waals surface area contributed by atoms with Crippen molar-refractivity contribution in [3.8, 4) is 11.3 Å². The molecule has 0 amide bonds. The zero-order valence-corrected chi connectivity index (χ0v) is 15.3. The second-order valence-electron chi connectivity index (χ2n) is 5.65. The number of hydrogen-bond acceptors (Lipinski definition) is 6. The van der Waals surface area contributed by atoms with E-state index >= 15 is 0 Å². The maximum atomic E-state index is 10.6. The van der Waals surface area contributed by atoms with Gasteiger partial charge in [-0.1, -0.05) is 40.5 Å². The lowest BCUT2D eigenvalue weighted by atomic mass is 10.1. The van der Waals surface area contributed by atoms with Gasteiger partial charge >= 0.3 is 0 Å². The van der Waals surface area contributed by atoms with E-state index in [4.69, 9.17) is 28.9 Å². The molecule has 0 saturated heterocycles. The monoisotopic (exact) mass is 387 g/mol. The maximum Gasteiger partial charge on any atom is 0.222 e. The van der Waals surface area contributed by atoms with Crippen LogP contribution in [-0.2, 0) is 0 Å². The van der Waals surface area contributed by atoms with Crippen molar-refractivity contribution >= 4 is 40.7 Å². The summed E-state index contributed by atoms with van der Waals surface area (Å²) in [4.78, 5) is 19.0. The van der Waals surface area contributed by atoms with Crippen LogP contribution >= 0.6 is 23.2 Å². The van der Waals surface area contributed by atoms with Crippen molar-refractivity contribution in [1.29, 1.82) is 0 Å². The molecule has 0 bridgehead atoms. The van der Waals surface area contributed by atoms with Crippen molar-refractivity contribution in [3.63, 3.8) is 0 Å². The van der Waals surface area contributed by atoms with Crippen molar-refractivity contribution in [2.75, 3.05) is 11.1 Å². The quantitative estimate of drug-likeness (QED) is 0.555. The largest absolute Gasteiger partial charge is 0.368 e. The average molecular weight is 388 g/mol. The second kappa shape index (κ2) is 7.68. The van der Waals surface area contributed by atoms with Crippen LogP contribution in [0.2, 0.25) is 10.0 Å². The molecule has 26 heavy (non-hydrogen) atoms. The first-order valence-corrected chi connectivity index (χ1v) is 8.51. The fourth-order valence-electron chi connectivity index (χ4n) is 2.42. The molecule has 1 atom stereocenters. The van der Waals surface area contributed by atoms with E-state index in [9.17, 15) is 4.91 Å². The molecule has 0 aliphatic heterocycles. The molecule has 8 heteroatoms. The zero-order valence-electron chi connectivity index (χ0n) is 13.8. The van der Waals surface area contributed by atoms with E-state index in [2.05, 4.69) is 20.5 Å². The summed E-state index contributed by atoms with van der Waals surface area (Å²) < 4.78 is 0. The van der Waals surface area contributed by atoms with Gasteiger partial charge in [-0.15, -0.1) is 0 Å². The van der Waals surface area contributed by atoms with Gasteiger partial charge < -0.3 is 11.1 Å². The average Bonchev–Trinajstić information content (AvgIpc) is 2.63. The Hall–Kier alpha value is -2.70. The van der Waals surface area contributed by atoms with Gasteiger partial charge in [0.25, 0.3) is 0 Å². The molecule has 0 fully saturated rings. The molecule has 0 spiro atoms. The van der Waals surface area contributed by atoms with Crippen molar-refractivity contribution in [3.05, 3.63) is 69.0 Å². The zero-order chi connectivity index (χ0) is 18.7. The van der Waals surface area contributed by atoms with E-state index in [-0.39, 0.29) is 5.95 Å². The fraction of sp³-hybridized carbons (Fsp3) is 0.111. The SMILES string of the molecule is CC(N=O)c1ccc(Nc2cc(-c3cc(Cl)ccc3Cl)nc(N)n2)cc1. The number of hydrogen-bond donors (Lipinski definition) is 2. The van der Waals surface area contributed by atoms with E-state index in [0.717, 1.165) is 11.3 Å². The fourth-order valence-corrected chi connectivity index (χ4v) is 2.80. The minimum atomic E-state index is -0.393. The molecule has 3 N–H and O–H groups in total. The van der Waals surface area contributed by atoms with Crippen LogP contribution in [0.5, 0.6) is 0 Å². The van der Waals surface area contributed by atoms with Crippen molar-refractivity contribution in [2.45, 2.75) is 13.0 Å². The lowest BCUT2D eigenvalue weighted by molar-refractivity contribution is 0.812. The number of anilines is 3. The first-order valence-electron chi connectivity index (χ1n) is 7.75. The van der Waals surface area contributed by atoms with E-state index < -0.39 is 6.04 Å². The van der Waals surface area contributed by atoms with Gasteiger partial charge in [-0.25, -0.2) is 4.98 Å². The van der Waals surface area contributed by atoms with Crippen LogP contribution in [0.15, 0.2) is 53.7 Å². The Kier molecular flexibility index (Phi) is 5.35. The first-order chi connectivity index (χ1) is 12.5. The van der Waals surface area contributed by atoms with E-state index in [1.807, 2.05) is 24.3 Å². The Labute approximate surface area is 160 Å². The lowest BCUT2D eigenvalue weighted by Crippen LogP contribution is -2.02. The van der Waals surface area contributed by atoms with Crippen LogP contribution in [0.1, 0.15) is 18.5 Å². The molecule has 0 radical (unpaired) electrons.